The summed E-state index contributed by atoms with van der Waals surface area (Å²) < 4.78 is 25.6. The summed E-state index contributed by atoms with van der Waals surface area (Å²) in [5.41, 5.74) is 3.66. The maximum absolute atomic E-state index is 12.9. The average Bonchev–Trinajstić information content (AvgIpc) is 3.88. The minimum atomic E-state index is -1.56. The number of carbonyl (C=O) groups is 1. The van der Waals surface area contributed by atoms with Gasteiger partial charge in [-0.3, -0.25) is 9.36 Å². The monoisotopic (exact) mass is 718 g/mol. The Kier molecular flexibility index (Phi) is 10.7. The summed E-state index contributed by atoms with van der Waals surface area (Å²) in [5, 5.41) is 2.92. The number of hydrogen-bond donors (Lipinski definition) is 1. The predicted molar refractivity (Wildman–Crippen MR) is 200 cm³/mol. The van der Waals surface area contributed by atoms with Gasteiger partial charge in [0.25, 0.3) is 14.4 Å². The minimum Gasteiger partial charge on any atom is -0.352 e. The highest BCUT2D eigenvalue weighted by atomic mass is 31.2. The number of nitrogens with one attached hydrogen (secondary N) is 1. The highest BCUT2D eigenvalue weighted by Gasteiger charge is 2.53. The van der Waals surface area contributed by atoms with Crippen molar-refractivity contribution in [3.05, 3.63) is 48.5 Å². The molecule has 3 aliphatic heterocycles. The van der Waals surface area contributed by atoms with Gasteiger partial charge in [-0.05, 0) is 48.5 Å². The first-order valence-electron chi connectivity index (χ1n) is 19.6. The van der Waals surface area contributed by atoms with Gasteiger partial charge in [-0.1, -0.05) is 102 Å². The number of nitrogens with zero attached hydrogens (tertiary/aromatic N) is 5. The molecule has 2 unspecified atom stereocenters. The molecular formula is C38H55N6O4PSi. The van der Waals surface area contributed by atoms with Crippen LogP contribution < -0.4 is 5.32 Å². The van der Waals surface area contributed by atoms with Gasteiger partial charge >= 0.3 is 0 Å². The molecule has 2 aromatic heterocycles. The number of aromatic nitrogens is 4. The zero-order chi connectivity index (χ0) is 34.1. The number of carbonyl (C=O) groups excluding carboxylic acids is 1. The van der Waals surface area contributed by atoms with E-state index in [-0.39, 0.29) is 24.3 Å². The van der Waals surface area contributed by atoms with Gasteiger partial charge < -0.3 is 19.1 Å². The molecule has 3 saturated heterocycles. The van der Waals surface area contributed by atoms with Crippen LogP contribution in [0.2, 0.25) is 23.7 Å². The van der Waals surface area contributed by atoms with E-state index in [0.29, 0.717) is 41.1 Å². The Morgan fingerprint density at radius 3 is 2.38 bits per heavy atom. The van der Waals surface area contributed by atoms with Crippen LogP contribution in [0.15, 0.2) is 43.0 Å². The molecule has 5 aliphatic rings. The summed E-state index contributed by atoms with van der Waals surface area (Å²) in [6.45, 7) is 6.05. The molecule has 5 heterocycles. The lowest BCUT2D eigenvalue weighted by atomic mass is 9.99. The van der Waals surface area contributed by atoms with Crippen molar-refractivity contribution >= 4 is 39.5 Å². The van der Waals surface area contributed by atoms with Crippen molar-refractivity contribution in [1.29, 1.82) is 0 Å². The molecule has 1 N–H and O–H groups in total. The van der Waals surface area contributed by atoms with Crippen LogP contribution in [-0.2, 0) is 13.8 Å². The van der Waals surface area contributed by atoms with Gasteiger partial charge in [-0.25, -0.2) is 19.6 Å². The minimum absolute atomic E-state index is 0.0472. The molecule has 1 aromatic carbocycles. The van der Waals surface area contributed by atoms with Crippen LogP contribution in [0.5, 0.6) is 0 Å². The average molecular weight is 719 g/mol. The molecule has 10 nitrogen and oxygen atoms in total. The summed E-state index contributed by atoms with van der Waals surface area (Å²) in [4.78, 5) is 26.5. The molecule has 12 heteroatoms. The van der Waals surface area contributed by atoms with Gasteiger partial charge in [0, 0.05) is 24.6 Å². The van der Waals surface area contributed by atoms with E-state index >= 15 is 0 Å². The van der Waals surface area contributed by atoms with Gasteiger partial charge in [-0.15, -0.1) is 0 Å². The SMILES string of the molecule is CC[C@H]1O[C@@H](n2cnc3c(NC(=O)c4ccccc4)ncnc32)CC1OP1O[C@H](C[Si](C)(C2CCCCC2)C2CCCCC2)[C@@H]2CCCCN21. The molecule has 0 radical (unpaired) electrons. The fraction of sp³-hybridized carbons (Fsp3) is 0.684. The van der Waals surface area contributed by atoms with Crippen molar-refractivity contribution in [2.75, 3.05) is 11.9 Å². The van der Waals surface area contributed by atoms with Crippen LogP contribution in [0.1, 0.15) is 120 Å². The number of amides is 1. The van der Waals surface area contributed by atoms with E-state index in [9.17, 15) is 4.79 Å². The smallest absolute Gasteiger partial charge is 0.259 e. The number of imidazole rings is 1. The molecule has 50 heavy (non-hydrogen) atoms. The van der Waals surface area contributed by atoms with E-state index in [0.717, 1.165) is 24.0 Å². The van der Waals surface area contributed by atoms with Gasteiger partial charge in [0.05, 0.1) is 32.7 Å². The highest BCUT2D eigenvalue weighted by molar-refractivity contribution is 7.45. The van der Waals surface area contributed by atoms with Crippen LogP contribution in [0.25, 0.3) is 11.2 Å². The van der Waals surface area contributed by atoms with E-state index in [2.05, 4.69) is 38.4 Å². The summed E-state index contributed by atoms with van der Waals surface area (Å²) in [7, 11) is -2.71. The van der Waals surface area contributed by atoms with Gasteiger partial charge in [0.1, 0.15) is 12.6 Å². The van der Waals surface area contributed by atoms with E-state index in [4.69, 9.17) is 13.8 Å². The summed E-state index contributed by atoms with van der Waals surface area (Å²) in [6.07, 6.45) is 22.9. The third-order valence-corrected chi connectivity index (χ3v) is 20.8. The van der Waals surface area contributed by atoms with Crippen LogP contribution in [0.3, 0.4) is 0 Å². The second-order valence-corrected chi connectivity index (χ2v) is 22.2. The number of fused-ring (bicyclic) bond motifs is 2. The van der Waals surface area contributed by atoms with Gasteiger partial charge in [-0.2, -0.15) is 0 Å². The van der Waals surface area contributed by atoms with Crippen molar-refractivity contribution in [2.45, 2.75) is 157 Å². The molecule has 6 atom stereocenters. The lowest BCUT2D eigenvalue weighted by molar-refractivity contribution is -0.0152. The number of rotatable bonds is 10. The number of ether oxygens (including phenoxy) is 1. The Labute approximate surface area is 299 Å². The maximum Gasteiger partial charge on any atom is 0.259 e. The lowest BCUT2D eigenvalue weighted by Crippen LogP contribution is -2.49. The molecular weight excluding hydrogens is 664 g/mol. The molecule has 8 rings (SSSR count). The molecule has 5 fully saturated rings. The Morgan fingerprint density at radius 2 is 1.66 bits per heavy atom. The standard InChI is InChI=1S/C38H55N6O4PSi/c1-3-31-32(23-34(46-31)43-26-41-35-36(39-25-40-37(35)43)42-38(45)27-15-7-4-8-16-27)47-49-44-22-14-13-21-30(44)33(48-49)24-50(2,28-17-9-5-10-18-28)29-19-11-6-12-20-29/h4,7-8,15-16,25-26,28-34H,3,5-6,9-14,17-24H2,1-2H3,(H,39,40,42,45)/t30-,31+,32?,33+,34+,49?/m0/s1. The molecule has 2 saturated carbocycles. The molecule has 3 aromatic rings. The van der Waals surface area contributed by atoms with Crippen molar-refractivity contribution in [3.63, 3.8) is 0 Å². The van der Waals surface area contributed by atoms with E-state index in [1.165, 1.54) is 95.8 Å². The first-order valence-corrected chi connectivity index (χ1v) is 23.6. The van der Waals surface area contributed by atoms with Gasteiger partial charge in [0.15, 0.2) is 17.0 Å². The Bertz CT molecular complexity index is 1580. The van der Waals surface area contributed by atoms with Crippen LogP contribution in [0, 0.1) is 0 Å². The van der Waals surface area contributed by atoms with E-state index < -0.39 is 16.6 Å². The fourth-order valence-electron chi connectivity index (χ4n) is 10.0. The Morgan fingerprint density at radius 1 is 0.940 bits per heavy atom. The fourth-order valence-corrected chi connectivity index (χ4v) is 18.2. The van der Waals surface area contributed by atoms with E-state index in [1.807, 2.05) is 22.8 Å². The first kappa shape index (κ1) is 34.8. The van der Waals surface area contributed by atoms with Crippen molar-refractivity contribution in [1.82, 2.24) is 24.2 Å². The molecule has 2 aliphatic carbocycles. The highest BCUT2D eigenvalue weighted by Crippen LogP contribution is 2.60. The topological polar surface area (TPSA) is 104 Å². The largest absolute Gasteiger partial charge is 0.352 e. The van der Waals surface area contributed by atoms with Crippen LogP contribution >= 0.6 is 8.53 Å². The summed E-state index contributed by atoms with van der Waals surface area (Å²) in [5.74, 6) is 0.160. The molecule has 270 valence electrons. The third-order valence-electron chi connectivity index (χ3n) is 12.8. The zero-order valence-electron chi connectivity index (χ0n) is 29.9. The summed E-state index contributed by atoms with van der Waals surface area (Å²) in [6, 6.07) is 10.9. The predicted octanol–water partition coefficient (Wildman–Crippen LogP) is 9.39. The lowest BCUT2D eigenvalue weighted by Gasteiger charge is -2.47. The van der Waals surface area contributed by atoms with Crippen molar-refractivity contribution < 1.29 is 18.6 Å². The Balaban J connectivity index is 0.982. The molecule has 0 spiro atoms. The van der Waals surface area contributed by atoms with E-state index in [1.54, 1.807) is 18.5 Å². The van der Waals surface area contributed by atoms with Gasteiger partial charge in [0.2, 0.25) is 0 Å². The number of anilines is 1. The normalized spacial score (nSPS) is 30.1. The molecule has 1 amide bonds. The second kappa shape index (κ2) is 15.4. The quantitative estimate of drug-likeness (QED) is 0.163. The first-order chi connectivity index (χ1) is 24.5. The van der Waals surface area contributed by atoms with Crippen LogP contribution in [-0.4, -0.2) is 69.1 Å². The third kappa shape index (κ3) is 6.95. The number of benzene rings is 1. The molecule has 0 bridgehead atoms. The summed E-state index contributed by atoms with van der Waals surface area (Å²) >= 11 is 0. The maximum atomic E-state index is 12.9. The number of piperidine rings is 1. The second-order valence-electron chi connectivity index (χ2n) is 15.8. The van der Waals surface area contributed by atoms with Crippen molar-refractivity contribution in [2.24, 2.45) is 0 Å². The van der Waals surface area contributed by atoms with Crippen LogP contribution in [0.4, 0.5) is 5.82 Å². The number of hydrogen-bond acceptors (Lipinski definition) is 8. The zero-order valence-corrected chi connectivity index (χ0v) is 31.8. The Hall–Kier alpha value is -2.27. The van der Waals surface area contributed by atoms with Crippen molar-refractivity contribution in [3.8, 4) is 0 Å².